The zero-order chi connectivity index (χ0) is 17.7. The van der Waals surface area contributed by atoms with Crippen molar-refractivity contribution in [3.8, 4) is 11.5 Å². The van der Waals surface area contributed by atoms with Crippen molar-refractivity contribution in [3.05, 3.63) is 54.1 Å². The van der Waals surface area contributed by atoms with Gasteiger partial charge in [-0.05, 0) is 29.8 Å². The van der Waals surface area contributed by atoms with Crippen LogP contribution in [0, 0.1) is 5.41 Å². The minimum Gasteiger partial charge on any atom is -0.454 e. The lowest BCUT2D eigenvalue weighted by molar-refractivity contribution is 0.174. The van der Waals surface area contributed by atoms with Crippen LogP contribution in [0.2, 0.25) is 0 Å². The molecule has 0 unspecified atom stereocenters. The van der Waals surface area contributed by atoms with E-state index in [1.807, 2.05) is 12.1 Å². The Kier molecular flexibility index (Phi) is 3.75. The first-order valence-electron chi connectivity index (χ1n) is 8.13. The number of fused-ring (bicyclic) bond motifs is 1. The molecular weight excluding hydrogens is 340 g/mol. The largest absolute Gasteiger partial charge is 0.454 e. The van der Waals surface area contributed by atoms with E-state index >= 15 is 0 Å². The molecule has 6 nitrogen and oxygen atoms in total. The van der Waals surface area contributed by atoms with E-state index < -0.39 is 20.5 Å². The summed E-state index contributed by atoms with van der Waals surface area (Å²) < 4.78 is 37.1. The fraction of sp³-hybridized carbons (Fsp3) is 0.333. The lowest BCUT2D eigenvalue weighted by Gasteiger charge is -2.13. The van der Waals surface area contributed by atoms with Gasteiger partial charge in [0.15, 0.2) is 21.3 Å². The molecule has 0 bridgehead atoms. The first-order chi connectivity index (χ1) is 12.0. The van der Waals surface area contributed by atoms with Crippen molar-refractivity contribution in [1.82, 2.24) is 0 Å². The summed E-state index contributed by atoms with van der Waals surface area (Å²) in [5.74, 6) is 1.03. The Hall–Kier alpha value is -2.09. The second kappa shape index (κ2) is 5.72. The van der Waals surface area contributed by atoms with Crippen LogP contribution in [0.3, 0.4) is 0 Å². The molecule has 0 saturated heterocycles. The zero-order valence-corrected chi connectivity index (χ0v) is 14.4. The van der Waals surface area contributed by atoms with Gasteiger partial charge in [0.2, 0.25) is 6.79 Å². The Bertz CT molecular complexity index is 895. The second-order valence-electron chi connectivity index (χ2n) is 6.51. The third-order valence-corrected chi connectivity index (χ3v) is 7.64. The van der Waals surface area contributed by atoms with E-state index in [4.69, 9.17) is 20.9 Å². The molecule has 4 rings (SSSR count). The Morgan fingerprint density at radius 3 is 2.36 bits per heavy atom. The molecule has 1 fully saturated rings. The minimum absolute atomic E-state index is 0.175. The molecule has 0 aromatic heterocycles. The molecule has 0 spiro atoms. The van der Waals surface area contributed by atoms with Crippen LogP contribution in [0.15, 0.2) is 53.4 Å². The predicted molar refractivity (Wildman–Crippen MR) is 93.3 cm³/mol. The smallest absolute Gasteiger partial charge is 0.231 e. The summed E-state index contributed by atoms with van der Waals surface area (Å²) in [6.45, 7) is 0.590. The van der Waals surface area contributed by atoms with Crippen molar-refractivity contribution in [2.45, 2.75) is 16.1 Å². The van der Waals surface area contributed by atoms with E-state index in [2.05, 4.69) is 0 Å². The molecule has 4 N–H and O–H groups in total. The topological polar surface area (TPSA) is 105 Å². The molecule has 132 valence electrons. The SMILES string of the molecule is NCC1(CN)[C@H](c2ccc3c(c2)OCO3)[C@@H]1S(=O)(=O)c1ccccc1. The summed E-state index contributed by atoms with van der Waals surface area (Å²) in [4.78, 5) is 0.300. The van der Waals surface area contributed by atoms with Crippen LogP contribution in [0.25, 0.3) is 0 Å². The maximum atomic E-state index is 13.2. The maximum Gasteiger partial charge on any atom is 0.231 e. The molecule has 2 aromatic carbocycles. The van der Waals surface area contributed by atoms with Crippen molar-refractivity contribution in [3.63, 3.8) is 0 Å². The van der Waals surface area contributed by atoms with E-state index in [1.165, 1.54) is 0 Å². The quantitative estimate of drug-likeness (QED) is 0.832. The van der Waals surface area contributed by atoms with E-state index in [1.54, 1.807) is 36.4 Å². The van der Waals surface area contributed by atoms with Gasteiger partial charge in [0.1, 0.15) is 0 Å². The summed E-state index contributed by atoms with van der Waals surface area (Å²) in [7, 11) is -3.54. The molecule has 7 heteroatoms. The summed E-state index contributed by atoms with van der Waals surface area (Å²) >= 11 is 0. The fourth-order valence-corrected chi connectivity index (χ4v) is 6.38. The average Bonchev–Trinajstić information content (AvgIpc) is 3.12. The molecule has 1 aliphatic carbocycles. The van der Waals surface area contributed by atoms with Crippen LogP contribution in [0.5, 0.6) is 11.5 Å². The first-order valence-corrected chi connectivity index (χ1v) is 9.68. The number of benzene rings is 2. The molecule has 2 aromatic rings. The molecule has 2 atom stereocenters. The van der Waals surface area contributed by atoms with E-state index in [0.717, 1.165) is 5.56 Å². The molecule has 1 saturated carbocycles. The molecule has 2 aliphatic rings. The van der Waals surface area contributed by atoms with Gasteiger partial charge in [0.25, 0.3) is 0 Å². The van der Waals surface area contributed by atoms with Crippen molar-refractivity contribution in [2.24, 2.45) is 16.9 Å². The number of rotatable bonds is 5. The normalized spacial score (nSPS) is 23.4. The third kappa shape index (κ3) is 2.34. The number of ether oxygens (including phenoxy) is 2. The lowest BCUT2D eigenvalue weighted by atomic mass is 9.99. The van der Waals surface area contributed by atoms with Crippen LogP contribution in [-0.4, -0.2) is 33.6 Å². The number of nitrogens with two attached hydrogens (primary N) is 2. The number of hydrogen-bond acceptors (Lipinski definition) is 6. The molecule has 0 radical (unpaired) electrons. The van der Waals surface area contributed by atoms with Gasteiger partial charge >= 0.3 is 0 Å². The molecule has 25 heavy (non-hydrogen) atoms. The van der Waals surface area contributed by atoms with Crippen molar-refractivity contribution in [1.29, 1.82) is 0 Å². The first kappa shape index (κ1) is 16.4. The van der Waals surface area contributed by atoms with Gasteiger partial charge in [-0.1, -0.05) is 24.3 Å². The van der Waals surface area contributed by atoms with Gasteiger partial charge in [-0.15, -0.1) is 0 Å². The van der Waals surface area contributed by atoms with E-state index in [-0.39, 0.29) is 25.8 Å². The summed E-state index contributed by atoms with van der Waals surface area (Å²) in [6.07, 6.45) is 0. The van der Waals surface area contributed by atoms with Crippen LogP contribution < -0.4 is 20.9 Å². The number of hydrogen-bond donors (Lipinski definition) is 2. The van der Waals surface area contributed by atoms with Crippen molar-refractivity contribution >= 4 is 9.84 Å². The van der Waals surface area contributed by atoms with Crippen molar-refractivity contribution < 1.29 is 17.9 Å². The van der Waals surface area contributed by atoms with Gasteiger partial charge in [0.05, 0.1) is 10.1 Å². The maximum absolute atomic E-state index is 13.2. The monoisotopic (exact) mass is 360 g/mol. The van der Waals surface area contributed by atoms with Gasteiger partial charge < -0.3 is 20.9 Å². The Balaban J connectivity index is 1.77. The minimum atomic E-state index is -3.54. The Labute approximate surface area is 146 Å². The highest BCUT2D eigenvalue weighted by molar-refractivity contribution is 7.92. The van der Waals surface area contributed by atoms with Crippen LogP contribution >= 0.6 is 0 Å². The molecule has 1 aliphatic heterocycles. The van der Waals surface area contributed by atoms with Crippen LogP contribution in [0.4, 0.5) is 0 Å². The van der Waals surface area contributed by atoms with Gasteiger partial charge in [-0.25, -0.2) is 8.42 Å². The van der Waals surface area contributed by atoms with E-state index in [0.29, 0.717) is 16.4 Å². The second-order valence-corrected chi connectivity index (χ2v) is 8.58. The van der Waals surface area contributed by atoms with Crippen molar-refractivity contribution in [2.75, 3.05) is 19.9 Å². The molecular formula is C18H20N2O4S. The van der Waals surface area contributed by atoms with E-state index in [9.17, 15) is 8.42 Å². The average molecular weight is 360 g/mol. The van der Waals surface area contributed by atoms with Gasteiger partial charge in [-0.3, -0.25) is 0 Å². The molecule has 1 heterocycles. The highest BCUT2D eigenvalue weighted by Crippen LogP contribution is 2.63. The fourth-order valence-electron chi connectivity index (χ4n) is 3.88. The predicted octanol–water partition coefficient (Wildman–Crippen LogP) is 1.26. The van der Waals surface area contributed by atoms with Gasteiger partial charge in [-0.2, -0.15) is 0 Å². The molecule has 0 amide bonds. The number of sulfone groups is 1. The standard InChI is InChI=1S/C18H20N2O4S/c19-9-18(10-20)16(12-6-7-14-15(8-12)24-11-23-14)17(18)25(21,22)13-4-2-1-3-5-13/h1-8,16-17H,9-11,19-20H2/t16-,17+/m1/s1. The summed E-state index contributed by atoms with van der Waals surface area (Å²) in [5, 5.41) is -0.641. The third-order valence-electron chi connectivity index (χ3n) is 5.30. The highest BCUT2D eigenvalue weighted by atomic mass is 32.2. The van der Waals surface area contributed by atoms with Crippen LogP contribution in [0.1, 0.15) is 11.5 Å². The Morgan fingerprint density at radius 2 is 1.68 bits per heavy atom. The Morgan fingerprint density at radius 1 is 1.00 bits per heavy atom. The summed E-state index contributed by atoms with van der Waals surface area (Å²) in [6, 6.07) is 14.0. The van der Waals surface area contributed by atoms with Gasteiger partial charge in [0, 0.05) is 24.4 Å². The lowest BCUT2D eigenvalue weighted by Crippen LogP contribution is -2.31. The summed E-state index contributed by atoms with van der Waals surface area (Å²) in [5.41, 5.74) is 12.2. The highest BCUT2D eigenvalue weighted by Gasteiger charge is 2.69. The zero-order valence-electron chi connectivity index (χ0n) is 13.6. The van der Waals surface area contributed by atoms with Crippen LogP contribution in [-0.2, 0) is 9.84 Å².